The average molecular weight is 261 g/mol. The molecule has 0 amide bonds. The second-order valence-electron chi connectivity index (χ2n) is 3.55. The van der Waals surface area contributed by atoms with Gasteiger partial charge in [-0.05, 0) is 12.8 Å². The SMILES string of the molecule is O=C(O)CS(=O)(=O)NCCCCn1ccnc1. The van der Waals surface area contributed by atoms with E-state index in [1.807, 2.05) is 10.8 Å². The first-order valence-corrected chi connectivity index (χ1v) is 6.80. The summed E-state index contributed by atoms with van der Waals surface area (Å²) >= 11 is 0. The van der Waals surface area contributed by atoms with Gasteiger partial charge in [0.15, 0.2) is 5.75 Å². The number of carbonyl (C=O) groups is 1. The highest BCUT2D eigenvalue weighted by atomic mass is 32.2. The summed E-state index contributed by atoms with van der Waals surface area (Å²) in [5, 5.41) is 8.35. The van der Waals surface area contributed by atoms with E-state index in [2.05, 4.69) is 9.71 Å². The molecule has 0 radical (unpaired) electrons. The summed E-state index contributed by atoms with van der Waals surface area (Å²) in [6, 6.07) is 0. The van der Waals surface area contributed by atoms with Crippen LogP contribution in [0.5, 0.6) is 0 Å². The van der Waals surface area contributed by atoms with Crippen molar-refractivity contribution in [1.82, 2.24) is 14.3 Å². The Balaban J connectivity index is 2.14. The molecule has 0 bridgehead atoms. The monoisotopic (exact) mass is 261 g/mol. The highest BCUT2D eigenvalue weighted by Crippen LogP contribution is 1.95. The summed E-state index contributed by atoms with van der Waals surface area (Å²) < 4.78 is 26.4. The molecule has 0 fully saturated rings. The zero-order valence-electron chi connectivity index (χ0n) is 9.24. The number of hydrogen-bond acceptors (Lipinski definition) is 4. The lowest BCUT2D eigenvalue weighted by molar-refractivity contribution is -0.134. The summed E-state index contributed by atoms with van der Waals surface area (Å²) in [6.45, 7) is 1.02. The largest absolute Gasteiger partial charge is 0.480 e. The third kappa shape index (κ3) is 6.03. The van der Waals surface area contributed by atoms with Crippen molar-refractivity contribution in [3.05, 3.63) is 18.7 Å². The molecule has 1 rings (SSSR count). The third-order valence-corrected chi connectivity index (χ3v) is 3.31. The van der Waals surface area contributed by atoms with Crippen LogP contribution in [0.3, 0.4) is 0 Å². The summed E-state index contributed by atoms with van der Waals surface area (Å²) in [5.41, 5.74) is 0. The van der Waals surface area contributed by atoms with Crippen molar-refractivity contribution in [2.45, 2.75) is 19.4 Å². The number of sulfonamides is 1. The van der Waals surface area contributed by atoms with Gasteiger partial charge in [0, 0.05) is 25.5 Å². The lowest BCUT2D eigenvalue weighted by Crippen LogP contribution is -2.30. The van der Waals surface area contributed by atoms with E-state index >= 15 is 0 Å². The minimum atomic E-state index is -3.68. The van der Waals surface area contributed by atoms with Gasteiger partial charge in [0.1, 0.15) is 0 Å². The number of hydrogen-bond donors (Lipinski definition) is 2. The Labute approximate surface area is 99.5 Å². The van der Waals surface area contributed by atoms with Crippen molar-refractivity contribution in [2.24, 2.45) is 0 Å². The smallest absolute Gasteiger partial charge is 0.320 e. The molecule has 17 heavy (non-hydrogen) atoms. The van der Waals surface area contributed by atoms with Crippen LogP contribution in [0.1, 0.15) is 12.8 Å². The van der Waals surface area contributed by atoms with Crippen LogP contribution in [0.4, 0.5) is 0 Å². The maximum Gasteiger partial charge on any atom is 0.320 e. The van der Waals surface area contributed by atoms with Gasteiger partial charge in [-0.15, -0.1) is 0 Å². The standard InChI is InChI=1S/C9H15N3O4S/c13-9(14)7-17(15,16)11-3-1-2-5-12-6-4-10-8-12/h4,6,8,11H,1-3,5,7H2,(H,13,14). The molecule has 0 atom stereocenters. The predicted octanol–water partition coefficient (Wildman–Crippen LogP) is -0.333. The second kappa shape index (κ2) is 6.36. The van der Waals surface area contributed by atoms with Gasteiger partial charge in [-0.2, -0.15) is 0 Å². The number of rotatable bonds is 8. The summed E-state index contributed by atoms with van der Waals surface area (Å²) in [4.78, 5) is 14.1. The van der Waals surface area contributed by atoms with E-state index in [1.165, 1.54) is 0 Å². The van der Waals surface area contributed by atoms with Crippen molar-refractivity contribution in [3.8, 4) is 0 Å². The van der Waals surface area contributed by atoms with E-state index in [1.54, 1.807) is 12.5 Å². The summed E-state index contributed by atoms with van der Waals surface area (Å²) in [7, 11) is -3.68. The molecule has 0 aliphatic rings. The van der Waals surface area contributed by atoms with E-state index in [0.717, 1.165) is 13.0 Å². The molecule has 0 unspecified atom stereocenters. The Hall–Kier alpha value is -1.41. The Morgan fingerprint density at radius 2 is 2.18 bits per heavy atom. The lowest BCUT2D eigenvalue weighted by atomic mass is 10.3. The number of nitrogens with one attached hydrogen (secondary N) is 1. The quantitative estimate of drug-likeness (QED) is 0.624. The van der Waals surface area contributed by atoms with Crippen LogP contribution in [-0.2, 0) is 21.4 Å². The van der Waals surface area contributed by atoms with Gasteiger partial charge in [0.05, 0.1) is 6.33 Å². The van der Waals surface area contributed by atoms with Crippen LogP contribution in [-0.4, -0.2) is 41.3 Å². The van der Waals surface area contributed by atoms with Gasteiger partial charge in [-0.25, -0.2) is 18.1 Å². The first-order valence-electron chi connectivity index (χ1n) is 5.14. The maximum absolute atomic E-state index is 11.1. The number of imidazole rings is 1. The van der Waals surface area contributed by atoms with Crippen LogP contribution in [0, 0.1) is 0 Å². The van der Waals surface area contributed by atoms with E-state index in [-0.39, 0.29) is 6.54 Å². The van der Waals surface area contributed by atoms with Crippen molar-refractivity contribution < 1.29 is 18.3 Å². The molecule has 0 spiro atoms. The molecule has 0 aromatic carbocycles. The topological polar surface area (TPSA) is 101 Å². The second-order valence-corrected chi connectivity index (χ2v) is 5.36. The molecule has 0 saturated carbocycles. The molecule has 1 heterocycles. The van der Waals surface area contributed by atoms with Gasteiger partial charge in [0.2, 0.25) is 10.0 Å². The van der Waals surface area contributed by atoms with Crippen LogP contribution >= 0.6 is 0 Å². The van der Waals surface area contributed by atoms with Crippen molar-refractivity contribution >= 4 is 16.0 Å². The van der Waals surface area contributed by atoms with Crippen LogP contribution in [0.2, 0.25) is 0 Å². The van der Waals surface area contributed by atoms with E-state index in [9.17, 15) is 13.2 Å². The van der Waals surface area contributed by atoms with Crippen LogP contribution in [0.15, 0.2) is 18.7 Å². The van der Waals surface area contributed by atoms with Crippen molar-refractivity contribution in [2.75, 3.05) is 12.3 Å². The Bertz CT molecular complexity index is 441. The van der Waals surface area contributed by atoms with Gasteiger partial charge < -0.3 is 9.67 Å². The molecule has 0 aliphatic carbocycles. The molecule has 1 aromatic heterocycles. The molecule has 0 aliphatic heterocycles. The fourth-order valence-electron chi connectivity index (χ4n) is 1.28. The number of carboxylic acid groups (broad SMARTS) is 1. The molecule has 8 heteroatoms. The first kappa shape index (κ1) is 13.7. The molecule has 96 valence electrons. The molecular formula is C9H15N3O4S. The lowest BCUT2D eigenvalue weighted by Gasteiger charge is -2.04. The normalized spacial score (nSPS) is 11.5. The van der Waals surface area contributed by atoms with Crippen molar-refractivity contribution in [1.29, 1.82) is 0 Å². The minimum Gasteiger partial charge on any atom is -0.480 e. The zero-order chi connectivity index (χ0) is 12.7. The van der Waals surface area contributed by atoms with E-state index in [0.29, 0.717) is 6.42 Å². The summed E-state index contributed by atoms with van der Waals surface area (Å²) in [5.74, 6) is -2.23. The molecular weight excluding hydrogens is 246 g/mol. The number of carboxylic acids is 1. The van der Waals surface area contributed by atoms with E-state index < -0.39 is 21.7 Å². The highest BCUT2D eigenvalue weighted by Gasteiger charge is 2.13. The third-order valence-electron chi connectivity index (χ3n) is 2.04. The average Bonchev–Trinajstić information content (AvgIpc) is 2.67. The molecule has 7 nitrogen and oxygen atoms in total. The van der Waals surface area contributed by atoms with Gasteiger partial charge in [-0.1, -0.05) is 0 Å². The fourth-order valence-corrected chi connectivity index (χ4v) is 2.16. The van der Waals surface area contributed by atoms with Gasteiger partial charge in [0.25, 0.3) is 0 Å². The number of aromatic nitrogens is 2. The molecule has 1 aromatic rings. The summed E-state index contributed by atoms with van der Waals surface area (Å²) in [6.07, 6.45) is 6.64. The van der Waals surface area contributed by atoms with Gasteiger partial charge >= 0.3 is 5.97 Å². The number of aliphatic carboxylic acids is 1. The number of aryl methyl sites for hydroxylation is 1. The van der Waals surface area contributed by atoms with Gasteiger partial charge in [-0.3, -0.25) is 4.79 Å². The predicted molar refractivity (Wildman–Crippen MR) is 60.9 cm³/mol. The highest BCUT2D eigenvalue weighted by molar-refractivity contribution is 7.90. The van der Waals surface area contributed by atoms with Crippen molar-refractivity contribution in [3.63, 3.8) is 0 Å². The maximum atomic E-state index is 11.1. The fraction of sp³-hybridized carbons (Fsp3) is 0.556. The Morgan fingerprint density at radius 3 is 2.76 bits per heavy atom. The van der Waals surface area contributed by atoms with Crippen LogP contribution in [0.25, 0.3) is 0 Å². The molecule has 2 N–H and O–H groups in total. The van der Waals surface area contributed by atoms with E-state index in [4.69, 9.17) is 5.11 Å². The van der Waals surface area contributed by atoms with Crippen LogP contribution < -0.4 is 4.72 Å². The Morgan fingerprint density at radius 1 is 1.41 bits per heavy atom. The first-order chi connectivity index (χ1) is 7.99. The number of unbranched alkanes of at least 4 members (excludes halogenated alkanes) is 1. The Kier molecular flexibility index (Phi) is 5.11. The zero-order valence-corrected chi connectivity index (χ0v) is 10.1. The molecule has 0 saturated heterocycles. The minimum absolute atomic E-state index is 0.254. The number of nitrogens with zero attached hydrogens (tertiary/aromatic N) is 2.